The van der Waals surface area contributed by atoms with Crippen LogP contribution in [0.25, 0.3) is 15.9 Å². The Labute approximate surface area is 151 Å². The van der Waals surface area contributed by atoms with E-state index in [4.69, 9.17) is 10.00 Å². The average molecular weight is 364 g/mol. The molecular formula is C17H12N6O2S. The summed E-state index contributed by atoms with van der Waals surface area (Å²) < 4.78 is 9.81. The van der Waals surface area contributed by atoms with Gasteiger partial charge >= 0.3 is 0 Å². The van der Waals surface area contributed by atoms with Crippen LogP contribution in [-0.4, -0.2) is 24.5 Å². The molecule has 26 heavy (non-hydrogen) atoms. The molecule has 4 rings (SSSR count). The molecule has 0 bridgehead atoms. The molecule has 0 spiro atoms. The number of nitriles is 1. The van der Waals surface area contributed by atoms with E-state index in [1.54, 1.807) is 46.2 Å². The second kappa shape index (κ2) is 6.42. The van der Waals surface area contributed by atoms with Crippen molar-refractivity contribution in [2.45, 2.75) is 6.61 Å². The van der Waals surface area contributed by atoms with Crippen molar-refractivity contribution in [3.8, 4) is 17.5 Å². The van der Waals surface area contributed by atoms with Crippen molar-refractivity contribution in [3.05, 3.63) is 63.8 Å². The molecule has 3 aromatic heterocycles. The molecule has 1 aromatic carbocycles. The molecule has 0 saturated heterocycles. The summed E-state index contributed by atoms with van der Waals surface area (Å²) in [6, 6.07) is 8.82. The highest BCUT2D eigenvalue weighted by molar-refractivity contribution is 7.19. The van der Waals surface area contributed by atoms with E-state index in [9.17, 15) is 4.79 Å². The predicted molar refractivity (Wildman–Crippen MR) is 95.3 cm³/mol. The minimum Gasteiger partial charge on any atom is -0.487 e. The molecule has 128 valence electrons. The number of rotatable bonds is 4. The second-order valence-corrected chi connectivity index (χ2v) is 6.52. The van der Waals surface area contributed by atoms with Crippen LogP contribution >= 0.6 is 11.3 Å². The summed E-state index contributed by atoms with van der Waals surface area (Å²) >= 11 is 1.30. The van der Waals surface area contributed by atoms with Crippen LogP contribution in [0.15, 0.2) is 47.7 Å². The maximum absolute atomic E-state index is 12.1. The molecule has 3 heterocycles. The smallest absolute Gasteiger partial charge is 0.206 e. The highest BCUT2D eigenvalue weighted by Crippen LogP contribution is 2.26. The molecule has 9 heteroatoms. The lowest BCUT2D eigenvalue weighted by molar-refractivity contribution is 0.298. The summed E-state index contributed by atoms with van der Waals surface area (Å²) in [4.78, 5) is 16.2. The van der Waals surface area contributed by atoms with Crippen molar-refractivity contribution in [3.63, 3.8) is 0 Å². The first-order valence-electron chi connectivity index (χ1n) is 7.64. The van der Waals surface area contributed by atoms with Crippen LogP contribution in [0.5, 0.6) is 5.75 Å². The lowest BCUT2D eigenvalue weighted by atomic mass is 10.3. The van der Waals surface area contributed by atoms with Crippen molar-refractivity contribution < 1.29 is 4.74 Å². The number of nitrogens with zero attached hydrogens (tertiary/aromatic N) is 6. The zero-order valence-corrected chi connectivity index (χ0v) is 14.5. The van der Waals surface area contributed by atoms with Crippen molar-refractivity contribution >= 4 is 21.6 Å². The van der Waals surface area contributed by atoms with Gasteiger partial charge in [0.15, 0.2) is 5.01 Å². The average Bonchev–Trinajstić information content (AvgIpc) is 3.26. The van der Waals surface area contributed by atoms with E-state index >= 15 is 0 Å². The first-order chi connectivity index (χ1) is 12.6. The molecule has 0 amide bonds. The first-order valence-corrected chi connectivity index (χ1v) is 8.45. The van der Waals surface area contributed by atoms with Gasteiger partial charge in [-0.3, -0.25) is 9.48 Å². The largest absolute Gasteiger partial charge is 0.487 e. The fourth-order valence-corrected chi connectivity index (χ4v) is 3.20. The van der Waals surface area contributed by atoms with E-state index in [1.165, 1.54) is 17.4 Å². The molecule has 0 atom stereocenters. The zero-order chi connectivity index (χ0) is 18.1. The topological polar surface area (TPSA) is 98.6 Å². The van der Waals surface area contributed by atoms with E-state index in [0.29, 0.717) is 16.5 Å². The van der Waals surface area contributed by atoms with Crippen molar-refractivity contribution in [2.75, 3.05) is 0 Å². The van der Waals surface area contributed by atoms with Crippen molar-refractivity contribution in [1.29, 1.82) is 5.26 Å². The van der Waals surface area contributed by atoms with E-state index in [-0.39, 0.29) is 12.0 Å². The minimum absolute atomic E-state index is 0.0371. The quantitative estimate of drug-likeness (QED) is 0.549. The van der Waals surface area contributed by atoms with Crippen LogP contribution in [0.1, 0.15) is 10.7 Å². The predicted octanol–water partition coefficient (Wildman–Crippen LogP) is 2.03. The van der Waals surface area contributed by atoms with E-state index in [1.807, 2.05) is 13.1 Å². The molecular weight excluding hydrogens is 352 g/mol. The highest BCUT2D eigenvalue weighted by Gasteiger charge is 2.08. The molecule has 0 fully saturated rings. The normalized spacial score (nSPS) is 10.8. The maximum atomic E-state index is 12.1. The lowest BCUT2D eigenvalue weighted by Gasteiger charge is -2.07. The number of thiazole rings is 1. The summed E-state index contributed by atoms with van der Waals surface area (Å²) in [5.41, 5.74) is 1.59. The third-order valence-electron chi connectivity index (χ3n) is 3.67. The summed E-state index contributed by atoms with van der Waals surface area (Å²) in [5.74, 6) is 0.587. The van der Waals surface area contributed by atoms with Gasteiger partial charge in [0, 0.05) is 19.3 Å². The summed E-state index contributed by atoms with van der Waals surface area (Å²) in [6.07, 6.45) is 5.05. The number of hydrogen-bond acceptors (Lipinski definition) is 7. The Bertz CT molecular complexity index is 1200. The number of aromatic nitrogens is 5. The van der Waals surface area contributed by atoms with Gasteiger partial charge in [-0.05, 0) is 18.2 Å². The van der Waals surface area contributed by atoms with Crippen LogP contribution in [0.2, 0.25) is 0 Å². The molecule has 0 aliphatic heterocycles. The van der Waals surface area contributed by atoms with Gasteiger partial charge in [-0.1, -0.05) is 0 Å². The lowest BCUT2D eigenvalue weighted by Crippen LogP contribution is -2.17. The van der Waals surface area contributed by atoms with Crippen molar-refractivity contribution in [2.24, 2.45) is 7.05 Å². The van der Waals surface area contributed by atoms with Crippen LogP contribution in [0.4, 0.5) is 0 Å². The van der Waals surface area contributed by atoms with Crippen LogP contribution < -0.4 is 10.2 Å². The van der Waals surface area contributed by atoms with E-state index in [0.717, 1.165) is 15.9 Å². The van der Waals surface area contributed by atoms with Crippen LogP contribution in [-0.2, 0) is 13.7 Å². The van der Waals surface area contributed by atoms with Gasteiger partial charge in [-0.25, -0.2) is 9.67 Å². The zero-order valence-electron chi connectivity index (χ0n) is 13.7. The maximum Gasteiger partial charge on any atom is 0.206 e. The van der Waals surface area contributed by atoms with Gasteiger partial charge in [-0.15, -0.1) is 11.3 Å². The third kappa shape index (κ3) is 3.05. The molecule has 0 saturated carbocycles. The van der Waals surface area contributed by atoms with Gasteiger partial charge in [0.1, 0.15) is 29.8 Å². The summed E-state index contributed by atoms with van der Waals surface area (Å²) in [7, 11) is 1.81. The first kappa shape index (κ1) is 16.0. The molecule has 0 aliphatic rings. The van der Waals surface area contributed by atoms with Gasteiger partial charge < -0.3 is 4.74 Å². The Hall–Kier alpha value is -3.51. The molecule has 0 unspecified atom stereocenters. The molecule has 4 aromatic rings. The number of aryl methyl sites for hydroxylation is 1. The van der Waals surface area contributed by atoms with Gasteiger partial charge in [-0.2, -0.15) is 15.5 Å². The highest BCUT2D eigenvalue weighted by atomic mass is 32.1. The molecule has 0 radical (unpaired) electrons. The van der Waals surface area contributed by atoms with Gasteiger partial charge in [0.05, 0.1) is 22.6 Å². The molecule has 8 nitrogen and oxygen atoms in total. The number of fused-ring (bicyclic) bond motifs is 1. The molecule has 0 aliphatic carbocycles. The Morgan fingerprint density at radius 2 is 2.23 bits per heavy atom. The van der Waals surface area contributed by atoms with Crippen LogP contribution in [0.3, 0.4) is 0 Å². The fraction of sp³-hybridized carbons (Fsp3) is 0.118. The van der Waals surface area contributed by atoms with Crippen molar-refractivity contribution in [1.82, 2.24) is 24.5 Å². The Balaban J connectivity index is 1.57. The monoisotopic (exact) mass is 364 g/mol. The van der Waals surface area contributed by atoms with E-state index in [2.05, 4.69) is 15.2 Å². The van der Waals surface area contributed by atoms with Gasteiger partial charge in [0.25, 0.3) is 0 Å². The standard InChI is InChI=1S/C17H12N6O2S/c1-22-9-11(8-19-22)23-5-4-15(24)14(21-23)10-25-12-2-3-13-16(6-12)26-17(7-18)20-13/h2-6,8-9H,10H2,1H3. The second-order valence-electron chi connectivity index (χ2n) is 5.49. The molecule has 0 N–H and O–H groups in total. The van der Waals surface area contributed by atoms with Crippen LogP contribution in [0, 0.1) is 11.3 Å². The van der Waals surface area contributed by atoms with Gasteiger partial charge in [0.2, 0.25) is 5.43 Å². The SMILES string of the molecule is Cn1cc(-n2ccc(=O)c(COc3ccc4nc(C#N)sc4c3)n2)cn1. The Kier molecular flexibility index (Phi) is 3.95. The number of hydrogen-bond donors (Lipinski definition) is 0. The number of ether oxygens (including phenoxy) is 1. The Morgan fingerprint density at radius 1 is 1.35 bits per heavy atom. The minimum atomic E-state index is -0.198. The summed E-state index contributed by atoms with van der Waals surface area (Å²) in [6.45, 7) is 0.0371. The van der Waals surface area contributed by atoms with E-state index < -0.39 is 0 Å². The number of benzene rings is 1. The third-order valence-corrected chi connectivity index (χ3v) is 4.59. The summed E-state index contributed by atoms with van der Waals surface area (Å²) in [5, 5.41) is 17.8. The Morgan fingerprint density at radius 3 is 3.00 bits per heavy atom. The fourth-order valence-electron chi connectivity index (χ4n) is 2.41.